The van der Waals surface area contributed by atoms with Gasteiger partial charge in [-0.25, -0.2) is 0 Å². The first kappa shape index (κ1) is 11.3. The first-order chi connectivity index (χ1) is 9.33. The molecule has 0 amide bonds. The van der Waals surface area contributed by atoms with E-state index in [4.69, 9.17) is 10.00 Å². The molecular formula is C15H11N3O. The zero-order chi connectivity index (χ0) is 13.2. The van der Waals surface area contributed by atoms with Gasteiger partial charge in [0, 0.05) is 10.9 Å². The van der Waals surface area contributed by atoms with Gasteiger partial charge in [0.15, 0.2) is 0 Å². The second kappa shape index (κ2) is 4.46. The quantitative estimate of drug-likeness (QED) is 0.759. The number of aromatic nitrogens is 2. The van der Waals surface area contributed by atoms with Gasteiger partial charge in [-0.2, -0.15) is 10.4 Å². The summed E-state index contributed by atoms with van der Waals surface area (Å²) in [6, 6.07) is 15.3. The van der Waals surface area contributed by atoms with Crippen LogP contribution in [0.2, 0.25) is 0 Å². The number of fused-ring (bicyclic) bond motifs is 1. The number of rotatable bonds is 2. The van der Waals surface area contributed by atoms with Crippen molar-refractivity contribution < 1.29 is 4.74 Å². The molecule has 1 heterocycles. The summed E-state index contributed by atoms with van der Waals surface area (Å²) < 4.78 is 5.36. The Labute approximate surface area is 110 Å². The van der Waals surface area contributed by atoms with Crippen molar-refractivity contribution in [2.45, 2.75) is 0 Å². The molecule has 0 aliphatic heterocycles. The molecule has 1 aromatic heterocycles. The lowest BCUT2D eigenvalue weighted by Gasteiger charge is -2.05. The fourth-order valence-corrected chi connectivity index (χ4v) is 2.13. The number of hydrogen-bond acceptors (Lipinski definition) is 3. The molecule has 0 aliphatic carbocycles. The van der Waals surface area contributed by atoms with Crippen LogP contribution in [0.3, 0.4) is 0 Å². The third-order valence-corrected chi connectivity index (χ3v) is 3.05. The highest BCUT2D eigenvalue weighted by molar-refractivity contribution is 5.95. The Hall–Kier alpha value is -2.80. The molecule has 4 heteroatoms. The number of methoxy groups -OCH3 is 1. The van der Waals surface area contributed by atoms with Gasteiger partial charge in [-0.15, -0.1) is 0 Å². The van der Waals surface area contributed by atoms with Gasteiger partial charge in [0.05, 0.1) is 24.3 Å². The highest BCUT2D eigenvalue weighted by Gasteiger charge is 2.12. The summed E-state index contributed by atoms with van der Waals surface area (Å²) in [6.45, 7) is 0. The number of para-hydroxylation sites is 1. The Balaban J connectivity index is 2.28. The van der Waals surface area contributed by atoms with Gasteiger partial charge >= 0.3 is 0 Å². The van der Waals surface area contributed by atoms with Crippen LogP contribution in [-0.2, 0) is 0 Å². The number of aromatic amines is 1. The molecule has 0 bridgehead atoms. The monoisotopic (exact) mass is 249 g/mol. The van der Waals surface area contributed by atoms with Crippen molar-refractivity contribution in [2.24, 2.45) is 0 Å². The average Bonchev–Trinajstić information content (AvgIpc) is 2.89. The number of nitrogens with zero attached hydrogens (tertiary/aromatic N) is 2. The summed E-state index contributed by atoms with van der Waals surface area (Å²) in [5.41, 5.74) is 3.22. The molecule has 0 atom stereocenters. The van der Waals surface area contributed by atoms with E-state index in [0.717, 1.165) is 27.9 Å². The van der Waals surface area contributed by atoms with Crippen LogP contribution in [0.25, 0.3) is 22.2 Å². The Bertz CT molecular complexity index is 783. The third-order valence-electron chi connectivity index (χ3n) is 3.05. The maximum Gasteiger partial charge on any atom is 0.128 e. The summed E-state index contributed by atoms with van der Waals surface area (Å²) in [4.78, 5) is 0. The van der Waals surface area contributed by atoms with E-state index in [-0.39, 0.29) is 0 Å². The number of nitriles is 1. The second-order valence-electron chi connectivity index (χ2n) is 4.14. The van der Waals surface area contributed by atoms with Crippen molar-refractivity contribution in [1.29, 1.82) is 5.26 Å². The maximum absolute atomic E-state index is 8.99. The zero-order valence-electron chi connectivity index (χ0n) is 10.3. The third kappa shape index (κ3) is 1.81. The van der Waals surface area contributed by atoms with Crippen molar-refractivity contribution in [2.75, 3.05) is 7.11 Å². The van der Waals surface area contributed by atoms with E-state index in [2.05, 4.69) is 16.3 Å². The molecule has 0 aliphatic rings. The van der Waals surface area contributed by atoms with E-state index in [1.165, 1.54) is 0 Å². The van der Waals surface area contributed by atoms with Crippen molar-refractivity contribution in [3.63, 3.8) is 0 Å². The highest BCUT2D eigenvalue weighted by atomic mass is 16.5. The van der Waals surface area contributed by atoms with Crippen LogP contribution >= 0.6 is 0 Å². The normalized spacial score (nSPS) is 10.3. The summed E-state index contributed by atoms with van der Waals surface area (Å²) in [7, 11) is 1.63. The van der Waals surface area contributed by atoms with Gasteiger partial charge in [0.1, 0.15) is 11.4 Å². The molecule has 1 N–H and O–H groups in total. The lowest BCUT2D eigenvalue weighted by atomic mass is 10.1. The Morgan fingerprint density at radius 2 is 2.05 bits per heavy atom. The van der Waals surface area contributed by atoms with Crippen LogP contribution in [0.4, 0.5) is 0 Å². The number of H-pyrrole nitrogens is 1. The molecule has 0 radical (unpaired) electrons. The molecular weight excluding hydrogens is 238 g/mol. The molecule has 0 saturated heterocycles. The fourth-order valence-electron chi connectivity index (χ4n) is 2.13. The van der Waals surface area contributed by atoms with E-state index in [1.807, 2.05) is 36.4 Å². The minimum atomic E-state index is 0.616. The minimum Gasteiger partial charge on any atom is -0.496 e. The molecule has 3 aromatic rings. The predicted molar refractivity (Wildman–Crippen MR) is 72.8 cm³/mol. The largest absolute Gasteiger partial charge is 0.496 e. The van der Waals surface area contributed by atoms with Crippen LogP contribution in [0.15, 0.2) is 42.5 Å². The summed E-state index contributed by atoms with van der Waals surface area (Å²) in [5.74, 6) is 0.762. The number of nitrogens with one attached hydrogen (secondary N) is 1. The first-order valence-corrected chi connectivity index (χ1v) is 5.85. The zero-order valence-corrected chi connectivity index (χ0v) is 10.3. The standard InChI is InChI=1S/C15H11N3O/c1-19-14-5-3-2-4-11(14)15-12-8-10(9-16)6-7-13(12)17-18-15/h2-8H,1H3,(H,17,18). The smallest absolute Gasteiger partial charge is 0.128 e. The van der Waals surface area contributed by atoms with Crippen molar-refractivity contribution in [1.82, 2.24) is 10.2 Å². The molecule has 4 nitrogen and oxygen atoms in total. The molecule has 0 unspecified atom stereocenters. The Morgan fingerprint density at radius 1 is 1.21 bits per heavy atom. The van der Waals surface area contributed by atoms with Crippen LogP contribution in [0.1, 0.15) is 5.56 Å². The maximum atomic E-state index is 8.99. The van der Waals surface area contributed by atoms with Gasteiger partial charge in [0.25, 0.3) is 0 Å². The van der Waals surface area contributed by atoms with E-state index in [9.17, 15) is 0 Å². The molecule has 3 rings (SSSR count). The van der Waals surface area contributed by atoms with Gasteiger partial charge in [-0.3, -0.25) is 5.10 Å². The molecule has 92 valence electrons. The SMILES string of the molecule is COc1ccccc1-c1n[nH]c2ccc(C#N)cc12. The van der Waals surface area contributed by atoms with Crippen molar-refractivity contribution in [3.8, 4) is 23.1 Å². The van der Waals surface area contributed by atoms with E-state index in [0.29, 0.717) is 5.56 Å². The van der Waals surface area contributed by atoms with Crippen LogP contribution in [0.5, 0.6) is 5.75 Å². The van der Waals surface area contributed by atoms with E-state index in [1.54, 1.807) is 13.2 Å². The second-order valence-corrected chi connectivity index (χ2v) is 4.14. The minimum absolute atomic E-state index is 0.616. The molecule has 19 heavy (non-hydrogen) atoms. The number of benzene rings is 2. The molecule has 0 fully saturated rings. The Morgan fingerprint density at radius 3 is 2.84 bits per heavy atom. The summed E-state index contributed by atoms with van der Waals surface area (Å²) in [5, 5.41) is 17.2. The number of ether oxygens (including phenoxy) is 1. The predicted octanol–water partition coefficient (Wildman–Crippen LogP) is 3.11. The van der Waals surface area contributed by atoms with E-state index < -0.39 is 0 Å². The molecule has 2 aromatic carbocycles. The first-order valence-electron chi connectivity index (χ1n) is 5.85. The van der Waals surface area contributed by atoms with Crippen LogP contribution in [0, 0.1) is 11.3 Å². The van der Waals surface area contributed by atoms with Gasteiger partial charge in [0.2, 0.25) is 0 Å². The van der Waals surface area contributed by atoms with Crippen molar-refractivity contribution in [3.05, 3.63) is 48.0 Å². The van der Waals surface area contributed by atoms with E-state index >= 15 is 0 Å². The average molecular weight is 249 g/mol. The van der Waals surface area contributed by atoms with Crippen LogP contribution in [-0.4, -0.2) is 17.3 Å². The topological polar surface area (TPSA) is 61.7 Å². The summed E-state index contributed by atoms with van der Waals surface area (Å²) in [6.07, 6.45) is 0. The molecule has 0 saturated carbocycles. The lowest BCUT2D eigenvalue weighted by molar-refractivity contribution is 0.416. The molecule has 0 spiro atoms. The van der Waals surface area contributed by atoms with Crippen LogP contribution < -0.4 is 4.74 Å². The number of hydrogen-bond donors (Lipinski definition) is 1. The fraction of sp³-hybridized carbons (Fsp3) is 0.0667. The van der Waals surface area contributed by atoms with Gasteiger partial charge < -0.3 is 4.74 Å². The van der Waals surface area contributed by atoms with Gasteiger partial charge in [-0.05, 0) is 30.3 Å². The summed E-state index contributed by atoms with van der Waals surface area (Å²) >= 11 is 0. The van der Waals surface area contributed by atoms with Gasteiger partial charge in [-0.1, -0.05) is 12.1 Å². The highest BCUT2D eigenvalue weighted by Crippen LogP contribution is 2.33. The van der Waals surface area contributed by atoms with Crippen molar-refractivity contribution >= 4 is 10.9 Å². The lowest BCUT2D eigenvalue weighted by Crippen LogP contribution is -1.88. The Kier molecular flexibility index (Phi) is 2.66.